The second kappa shape index (κ2) is 2.88. The Bertz CT molecular complexity index is 198. The first-order chi connectivity index (χ1) is 4.60. The fraction of sp³-hybridized carbons (Fsp3) is 1.00. The van der Waals surface area contributed by atoms with E-state index in [-0.39, 0.29) is 6.04 Å². The van der Waals surface area contributed by atoms with Gasteiger partial charge < -0.3 is 5.73 Å². The Labute approximate surface area is 62.0 Å². The monoisotopic (exact) mass is 162 g/mol. The Balaban J connectivity index is 2.58. The maximum atomic E-state index is 11.2. The van der Waals surface area contributed by atoms with Crippen molar-refractivity contribution >= 4 is 9.73 Å². The molecule has 1 saturated heterocycles. The number of nitrogens with one attached hydrogen (secondary N) is 1. The highest BCUT2D eigenvalue weighted by atomic mass is 32.2. The molecule has 0 aromatic heterocycles. The van der Waals surface area contributed by atoms with Gasteiger partial charge >= 0.3 is 0 Å². The Kier molecular flexibility index (Phi) is 2.31. The minimum absolute atomic E-state index is 0.189. The smallest absolute Gasteiger partial charge is 0.0442 e. The minimum Gasteiger partial charge on any atom is -0.328 e. The molecule has 1 rings (SSSR count). The van der Waals surface area contributed by atoms with E-state index in [1.54, 1.807) is 0 Å². The molecule has 0 spiro atoms. The molecule has 3 N–H and O–H groups in total. The van der Waals surface area contributed by atoms with Crippen molar-refractivity contribution in [1.29, 1.82) is 4.78 Å². The maximum absolute atomic E-state index is 11.2. The second-order valence-electron chi connectivity index (χ2n) is 2.91. The molecule has 60 valence electrons. The van der Waals surface area contributed by atoms with E-state index in [0.717, 1.165) is 19.3 Å². The molecule has 10 heavy (non-hydrogen) atoms. The summed E-state index contributed by atoms with van der Waals surface area (Å²) < 4.78 is 18.5. The summed E-state index contributed by atoms with van der Waals surface area (Å²) in [5, 5.41) is 0. The van der Waals surface area contributed by atoms with Gasteiger partial charge in [-0.25, -0.2) is 4.21 Å². The Hall–Kier alpha value is -0.0900. The number of hydrogen-bond acceptors (Lipinski definition) is 3. The predicted molar refractivity (Wildman–Crippen MR) is 42.4 cm³/mol. The van der Waals surface area contributed by atoms with Crippen molar-refractivity contribution in [2.75, 3.05) is 11.5 Å². The number of hydrogen-bond donors (Lipinski definition) is 2. The summed E-state index contributed by atoms with van der Waals surface area (Å²) >= 11 is 0. The van der Waals surface area contributed by atoms with Crippen molar-refractivity contribution in [3.8, 4) is 0 Å². The highest BCUT2D eigenvalue weighted by Crippen LogP contribution is 2.10. The average Bonchev–Trinajstić information content (AvgIpc) is 1.94. The fourth-order valence-electron chi connectivity index (χ4n) is 1.17. The molecule has 0 aliphatic carbocycles. The van der Waals surface area contributed by atoms with E-state index in [4.69, 9.17) is 10.5 Å². The van der Waals surface area contributed by atoms with Crippen LogP contribution in [-0.4, -0.2) is 21.8 Å². The first kappa shape index (κ1) is 8.01. The third-order valence-electron chi connectivity index (χ3n) is 1.87. The van der Waals surface area contributed by atoms with Crippen LogP contribution in [-0.2, 0) is 9.73 Å². The molecule has 1 aliphatic rings. The van der Waals surface area contributed by atoms with Crippen molar-refractivity contribution < 1.29 is 4.21 Å². The Morgan fingerprint density at radius 1 is 1.40 bits per heavy atom. The van der Waals surface area contributed by atoms with Crippen LogP contribution in [0.2, 0.25) is 0 Å². The normalized spacial score (nSPS) is 42.7. The average molecular weight is 162 g/mol. The standard InChI is InChI=1S/C6H14N2OS/c7-6-2-1-4-10(8,9)5-3-6/h6,8H,1-5,7H2. The van der Waals surface area contributed by atoms with Gasteiger partial charge in [-0.1, -0.05) is 0 Å². The molecule has 1 heterocycles. The highest BCUT2D eigenvalue weighted by molar-refractivity contribution is 7.92. The summed E-state index contributed by atoms with van der Waals surface area (Å²) in [5.41, 5.74) is 5.65. The molecule has 0 aromatic rings. The van der Waals surface area contributed by atoms with Gasteiger partial charge in [-0.3, -0.25) is 4.78 Å². The third kappa shape index (κ3) is 2.27. The van der Waals surface area contributed by atoms with Crippen molar-refractivity contribution in [3.05, 3.63) is 0 Å². The zero-order chi connectivity index (χ0) is 7.61. The third-order valence-corrected chi connectivity index (χ3v) is 3.71. The SMILES string of the molecule is N=S1(=O)CCCC(N)CC1. The van der Waals surface area contributed by atoms with Gasteiger partial charge in [0.1, 0.15) is 0 Å². The van der Waals surface area contributed by atoms with Crippen molar-refractivity contribution in [1.82, 2.24) is 0 Å². The van der Waals surface area contributed by atoms with Crippen LogP contribution < -0.4 is 5.73 Å². The molecule has 2 atom stereocenters. The molecule has 0 radical (unpaired) electrons. The summed E-state index contributed by atoms with van der Waals surface area (Å²) in [6, 6.07) is 0.189. The quantitative estimate of drug-likeness (QED) is 0.546. The van der Waals surface area contributed by atoms with Crippen LogP contribution in [0.4, 0.5) is 0 Å². The highest BCUT2D eigenvalue weighted by Gasteiger charge is 2.14. The molecule has 0 saturated carbocycles. The van der Waals surface area contributed by atoms with Crippen molar-refractivity contribution in [3.63, 3.8) is 0 Å². The molecule has 1 aliphatic heterocycles. The predicted octanol–water partition coefficient (Wildman–Crippen LogP) is 0.544. The van der Waals surface area contributed by atoms with Gasteiger partial charge in [0.15, 0.2) is 0 Å². The van der Waals surface area contributed by atoms with Gasteiger partial charge in [-0.15, -0.1) is 0 Å². The van der Waals surface area contributed by atoms with E-state index >= 15 is 0 Å². The zero-order valence-electron chi connectivity index (χ0n) is 6.01. The number of rotatable bonds is 0. The molecule has 0 bridgehead atoms. The molecule has 0 amide bonds. The van der Waals surface area contributed by atoms with E-state index in [1.807, 2.05) is 0 Å². The first-order valence-corrected chi connectivity index (χ1v) is 5.49. The van der Waals surface area contributed by atoms with Gasteiger partial charge in [-0.2, -0.15) is 0 Å². The Morgan fingerprint density at radius 2 is 2.10 bits per heavy atom. The second-order valence-corrected chi connectivity index (χ2v) is 5.35. The lowest BCUT2D eigenvalue weighted by Gasteiger charge is -2.03. The van der Waals surface area contributed by atoms with Crippen LogP contribution in [0, 0.1) is 4.78 Å². The van der Waals surface area contributed by atoms with Crippen LogP contribution in [0.5, 0.6) is 0 Å². The van der Waals surface area contributed by atoms with E-state index in [2.05, 4.69) is 0 Å². The summed E-state index contributed by atoms with van der Waals surface area (Å²) in [5.74, 6) is 1.06. The zero-order valence-corrected chi connectivity index (χ0v) is 6.82. The van der Waals surface area contributed by atoms with Gasteiger partial charge in [0, 0.05) is 27.3 Å². The van der Waals surface area contributed by atoms with E-state index in [0.29, 0.717) is 11.5 Å². The van der Waals surface area contributed by atoms with Crippen molar-refractivity contribution in [2.45, 2.75) is 25.3 Å². The molecule has 3 nitrogen and oxygen atoms in total. The van der Waals surface area contributed by atoms with Crippen LogP contribution in [0.25, 0.3) is 0 Å². The molecule has 4 heteroatoms. The van der Waals surface area contributed by atoms with Crippen LogP contribution in [0.3, 0.4) is 0 Å². The molecule has 2 unspecified atom stereocenters. The van der Waals surface area contributed by atoms with E-state index in [1.165, 1.54) is 0 Å². The van der Waals surface area contributed by atoms with Crippen molar-refractivity contribution in [2.24, 2.45) is 5.73 Å². The van der Waals surface area contributed by atoms with Crippen LogP contribution in [0.15, 0.2) is 0 Å². The summed E-state index contributed by atoms with van der Waals surface area (Å²) in [6.07, 6.45) is 2.57. The van der Waals surface area contributed by atoms with Crippen LogP contribution >= 0.6 is 0 Å². The summed E-state index contributed by atoms with van der Waals surface area (Å²) in [4.78, 5) is 0. The lowest BCUT2D eigenvalue weighted by Crippen LogP contribution is -2.19. The molecule has 0 aromatic carbocycles. The van der Waals surface area contributed by atoms with Crippen LogP contribution in [0.1, 0.15) is 19.3 Å². The summed E-state index contributed by atoms with van der Waals surface area (Å²) in [6.45, 7) is 0. The largest absolute Gasteiger partial charge is 0.328 e. The Morgan fingerprint density at radius 3 is 2.80 bits per heavy atom. The van der Waals surface area contributed by atoms with Gasteiger partial charge in [-0.05, 0) is 19.3 Å². The van der Waals surface area contributed by atoms with E-state index < -0.39 is 9.73 Å². The lowest BCUT2D eigenvalue weighted by molar-refractivity contribution is 0.603. The van der Waals surface area contributed by atoms with E-state index in [9.17, 15) is 4.21 Å². The minimum atomic E-state index is -2.23. The molecule has 1 fully saturated rings. The first-order valence-electron chi connectivity index (χ1n) is 3.60. The summed E-state index contributed by atoms with van der Waals surface area (Å²) in [7, 11) is -2.23. The molecular formula is C6H14N2OS. The maximum Gasteiger partial charge on any atom is 0.0442 e. The lowest BCUT2D eigenvalue weighted by atomic mass is 10.1. The fourth-order valence-corrected chi connectivity index (χ4v) is 2.69. The van der Waals surface area contributed by atoms with Gasteiger partial charge in [0.25, 0.3) is 0 Å². The van der Waals surface area contributed by atoms with Gasteiger partial charge in [0.2, 0.25) is 0 Å². The topological polar surface area (TPSA) is 66.9 Å². The van der Waals surface area contributed by atoms with Gasteiger partial charge in [0.05, 0.1) is 0 Å². The molecular weight excluding hydrogens is 148 g/mol. The number of nitrogens with two attached hydrogens (primary N) is 1.